The second kappa shape index (κ2) is 9.67. The summed E-state index contributed by atoms with van der Waals surface area (Å²) < 4.78 is 33.3. The van der Waals surface area contributed by atoms with Crippen molar-refractivity contribution in [1.29, 1.82) is 5.26 Å². The van der Waals surface area contributed by atoms with Crippen molar-refractivity contribution in [3.8, 4) is 11.8 Å². The zero-order chi connectivity index (χ0) is 23.6. The van der Waals surface area contributed by atoms with E-state index in [0.29, 0.717) is 23.3 Å². The van der Waals surface area contributed by atoms with Gasteiger partial charge in [-0.25, -0.2) is 8.78 Å². The van der Waals surface area contributed by atoms with Crippen LogP contribution in [0.3, 0.4) is 0 Å². The highest BCUT2D eigenvalue weighted by molar-refractivity contribution is 5.90. The molecule has 2 N–H and O–H groups in total. The zero-order valence-corrected chi connectivity index (χ0v) is 19.3. The molecule has 0 saturated carbocycles. The summed E-state index contributed by atoms with van der Waals surface area (Å²) >= 11 is 0. The van der Waals surface area contributed by atoms with Gasteiger partial charge in [0, 0.05) is 12.0 Å². The van der Waals surface area contributed by atoms with Crippen LogP contribution in [0.5, 0.6) is 5.75 Å². The van der Waals surface area contributed by atoms with Crippen LogP contribution in [0.2, 0.25) is 0 Å². The Kier molecular flexibility index (Phi) is 7.16. The van der Waals surface area contributed by atoms with E-state index in [1.165, 1.54) is 12.1 Å². The number of rotatable bonds is 7. The van der Waals surface area contributed by atoms with E-state index in [9.17, 15) is 14.0 Å². The van der Waals surface area contributed by atoms with Gasteiger partial charge in [-0.05, 0) is 83.5 Å². The second-order valence-electron chi connectivity index (χ2n) is 8.65. The Morgan fingerprint density at radius 2 is 1.75 bits per heavy atom. The van der Waals surface area contributed by atoms with Gasteiger partial charge in [0.25, 0.3) is 0 Å². The maximum absolute atomic E-state index is 14.1. The monoisotopic (exact) mass is 436 g/mol. The minimum absolute atomic E-state index is 0.134. The molecule has 0 heterocycles. The van der Waals surface area contributed by atoms with Crippen LogP contribution in [-0.4, -0.2) is 13.2 Å². The summed E-state index contributed by atoms with van der Waals surface area (Å²) in [6, 6.07) is 12.2. The van der Waals surface area contributed by atoms with E-state index in [4.69, 9.17) is 10.5 Å². The molecule has 3 aromatic rings. The van der Waals surface area contributed by atoms with Crippen LogP contribution in [0, 0.1) is 42.7 Å². The molecule has 2 unspecified atom stereocenters. The number of ether oxygens (including phenoxy) is 1. The highest BCUT2D eigenvalue weighted by Crippen LogP contribution is 2.36. The number of halogens is 2. The van der Waals surface area contributed by atoms with Crippen LogP contribution < -0.4 is 10.5 Å². The number of hydrogen-bond donors (Lipinski definition) is 1. The molecular weight excluding hydrogens is 406 g/mol. The largest absolute Gasteiger partial charge is 0.495 e. The van der Waals surface area contributed by atoms with Crippen molar-refractivity contribution in [2.75, 3.05) is 7.11 Å². The topological polar surface area (TPSA) is 59.0 Å². The van der Waals surface area contributed by atoms with E-state index < -0.39 is 11.6 Å². The predicted molar refractivity (Wildman–Crippen MR) is 125 cm³/mol. The Labute approximate surface area is 188 Å². The number of nitrogens with zero attached hydrogens (tertiary/aromatic N) is 1. The molecule has 0 aliphatic heterocycles. The number of aryl methyl sites for hydroxylation is 2. The lowest BCUT2D eigenvalue weighted by Crippen LogP contribution is -2.35. The van der Waals surface area contributed by atoms with E-state index in [0.717, 1.165) is 33.9 Å². The number of fused-ring (bicyclic) bond motifs is 1. The highest BCUT2D eigenvalue weighted by Gasteiger charge is 2.28. The molecule has 0 bridgehead atoms. The van der Waals surface area contributed by atoms with Crippen LogP contribution in [0.4, 0.5) is 8.78 Å². The average molecular weight is 437 g/mol. The lowest BCUT2D eigenvalue weighted by Gasteiger charge is -2.31. The molecule has 5 heteroatoms. The quantitative estimate of drug-likeness (QED) is 0.472. The number of methoxy groups -OCH3 is 1. The van der Waals surface area contributed by atoms with Crippen molar-refractivity contribution >= 4 is 10.8 Å². The van der Waals surface area contributed by atoms with Crippen LogP contribution >= 0.6 is 0 Å². The lowest BCUT2D eigenvalue weighted by molar-refractivity contribution is 0.376. The summed E-state index contributed by atoms with van der Waals surface area (Å²) in [5, 5.41) is 11.4. The standard InChI is InChI=1S/C27H30F2N2O/c1-6-15(2)27(21-11-24(29)23(28)9-17(21)4)25(31)12-20-16(3)7-8-18-10-19(14-30)26(32-5)13-22(18)20/h7-11,13,15,25,27H,6,12,31H2,1-5H3/t15?,25-,27?/m0/s1. The first-order chi connectivity index (χ1) is 15.2. The minimum atomic E-state index is -0.846. The van der Waals surface area contributed by atoms with E-state index >= 15 is 0 Å². The molecule has 3 rings (SSSR count). The van der Waals surface area contributed by atoms with Crippen LogP contribution in [0.15, 0.2) is 36.4 Å². The van der Waals surface area contributed by atoms with Crippen LogP contribution in [0.25, 0.3) is 10.8 Å². The minimum Gasteiger partial charge on any atom is -0.495 e. The van der Waals surface area contributed by atoms with Gasteiger partial charge < -0.3 is 10.5 Å². The highest BCUT2D eigenvalue weighted by atomic mass is 19.2. The first-order valence-electron chi connectivity index (χ1n) is 10.9. The average Bonchev–Trinajstić information content (AvgIpc) is 2.78. The van der Waals surface area contributed by atoms with E-state index in [-0.39, 0.29) is 17.9 Å². The summed E-state index contributed by atoms with van der Waals surface area (Å²) in [5.41, 5.74) is 10.9. The molecular formula is C27H30F2N2O. The molecule has 32 heavy (non-hydrogen) atoms. The van der Waals surface area contributed by atoms with E-state index in [2.05, 4.69) is 19.9 Å². The molecule has 0 amide bonds. The van der Waals surface area contributed by atoms with Crippen LogP contribution in [-0.2, 0) is 6.42 Å². The molecule has 3 atom stereocenters. The number of nitrogens with two attached hydrogens (primary N) is 1. The van der Waals surface area contributed by atoms with Crippen molar-refractivity contribution in [2.45, 2.75) is 52.5 Å². The molecule has 0 spiro atoms. The number of hydrogen-bond acceptors (Lipinski definition) is 3. The summed E-state index contributed by atoms with van der Waals surface area (Å²) in [5.74, 6) is -1.11. The summed E-state index contributed by atoms with van der Waals surface area (Å²) in [4.78, 5) is 0. The summed E-state index contributed by atoms with van der Waals surface area (Å²) in [7, 11) is 1.55. The third-order valence-corrected chi connectivity index (χ3v) is 6.63. The molecule has 0 aliphatic carbocycles. The molecule has 3 aromatic carbocycles. The lowest BCUT2D eigenvalue weighted by atomic mass is 9.76. The van der Waals surface area contributed by atoms with Crippen molar-refractivity contribution in [2.24, 2.45) is 11.7 Å². The Morgan fingerprint density at radius 1 is 1.06 bits per heavy atom. The van der Waals surface area contributed by atoms with E-state index in [1.807, 2.05) is 31.2 Å². The molecule has 0 aromatic heterocycles. The first kappa shape index (κ1) is 23.7. The van der Waals surface area contributed by atoms with Gasteiger partial charge in [0.15, 0.2) is 11.6 Å². The number of nitriles is 1. The molecule has 0 saturated heterocycles. The zero-order valence-electron chi connectivity index (χ0n) is 19.3. The number of benzene rings is 3. The fourth-order valence-electron chi connectivity index (χ4n) is 4.65. The van der Waals surface area contributed by atoms with Crippen LogP contribution in [0.1, 0.15) is 54.0 Å². The molecule has 0 radical (unpaired) electrons. The van der Waals surface area contributed by atoms with Gasteiger partial charge in [-0.2, -0.15) is 5.26 Å². The molecule has 0 aliphatic rings. The van der Waals surface area contributed by atoms with Crippen molar-refractivity contribution < 1.29 is 13.5 Å². The molecule has 3 nitrogen and oxygen atoms in total. The van der Waals surface area contributed by atoms with Crippen molar-refractivity contribution in [3.63, 3.8) is 0 Å². The third kappa shape index (κ3) is 4.47. The Bertz CT molecular complexity index is 1180. The smallest absolute Gasteiger partial charge is 0.159 e. The third-order valence-electron chi connectivity index (χ3n) is 6.63. The van der Waals surface area contributed by atoms with Gasteiger partial charge in [-0.3, -0.25) is 0 Å². The maximum atomic E-state index is 14.1. The Balaban J connectivity index is 2.10. The molecule has 168 valence electrons. The van der Waals surface area contributed by atoms with Gasteiger partial charge >= 0.3 is 0 Å². The Morgan fingerprint density at radius 3 is 2.38 bits per heavy atom. The van der Waals surface area contributed by atoms with Gasteiger partial charge in [-0.15, -0.1) is 0 Å². The first-order valence-corrected chi connectivity index (χ1v) is 10.9. The predicted octanol–water partition coefficient (Wildman–Crippen LogP) is 6.31. The maximum Gasteiger partial charge on any atom is 0.159 e. The second-order valence-corrected chi connectivity index (χ2v) is 8.65. The van der Waals surface area contributed by atoms with Crippen molar-refractivity contribution in [1.82, 2.24) is 0 Å². The summed E-state index contributed by atoms with van der Waals surface area (Å²) in [6.07, 6.45) is 1.43. The summed E-state index contributed by atoms with van der Waals surface area (Å²) in [6.45, 7) is 8.02. The Hall–Kier alpha value is -2.97. The van der Waals surface area contributed by atoms with Gasteiger partial charge in [-0.1, -0.05) is 32.4 Å². The van der Waals surface area contributed by atoms with Gasteiger partial charge in [0.2, 0.25) is 0 Å². The molecule has 0 fully saturated rings. The SMILES string of the molecule is CCC(C)C(c1cc(F)c(F)cc1C)[C@@H](N)Cc1c(C)ccc2cc(C#N)c(OC)cc12. The van der Waals surface area contributed by atoms with Gasteiger partial charge in [0.1, 0.15) is 11.8 Å². The fraction of sp³-hybridized carbons (Fsp3) is 0.370. The van der Waals surface area contributed by atoms with Gasteiger partial charge in [0.05, 0.1) is 12.7 Å². The van der Waals surface area contributed by atoms with E-state index in [1.54, 1.807) is 14.0 Å². The normalized spacial score (nSPS) is 14.1. The van der Waals surface area contributed by atoms with Crippen molar-refractivity contribution in [3.05, 3.63) is 75.8 Å². The fourth-order valence-corrected chi connectivity index (χ4v) is 4.65.